The van der Waals surface area contributed by atoms with Crippen molar-refractivity contribution in [2.24, 2.45) is 11.3 Å². The Morgan fingerprint density at radius 3 is 2.81 bits per heavy atom. The molecule has 3 aromatic rings. The highest BCUT2D eigenvalue weighted by Gasteiger charge is 2.75. The Bertz CT molecular complexity index is 1260. The number of fused-ring (bicyclic) bond motifs is 2. The predicted octanol–water partition coefficient (Wildman–Crippen LogP) is 0.667. The Balaban J connectivity index is 1.59. The summed E-state index contributed by atoms with van der Waals surface area (Å²) in [4.78, 5) is 26.9. The summed E-state index contributed by atoms with van der Waals surface area (Å²) >= 11 is 1.56. The smallest absolute Gasteiger partial charge is 0.229 e. The standard InChI is InChI=1S/C21H22N6O3S/c1-10-6-7-31-12(10)4-5-13-25-18(22-2)14-19(26-13)27(9-24-14)15-11-8-21(11,20(30)23-3)17(29)16(15)28/h6-7,9,11,15-17,28-29H,8H2,1-3H3,(H,23,30)(H,22,25,26)/t11?,15-,16?,17+,21-/m1/s1. The summed E-state index contributed by atoms with van der Waals surface area (Å²) in [6.07, 6.45) is -0.167. The third-order valence-corrected chi connectivity index (χ3v) is 7.38. The second kappa shape index (κ2) is 7.02. The highest BCUT2D eigenvalue weighted by molar-refractivity contribution is 7.10. The molecule has 2 unspecified atom stereocenters. The van der Waals surface area contributed by atoms with Crippen molar-refractivity contribution in [3.63, 3.8) is 0 Å². The maximum atomic E-state index is 12.4. The van der Waals surface area contributed by atoms with E-state index in [1.54, 1.807) is 29.3 Å². The fourth-order valence-corrected chi connectivity index (χ4v) is 5.54. The molecule has 0 saturated heterocycles. The molecular weight excluding hydrogens is 416 g/mol. The summed E-state index contributed by atoms with van der Waals surface area (Å²) in [5, 5.41) is 29.1. The van der Waals surface area contributed by atoms with Crippen LogP contribution in [0.25, 0.3) is 11.2 Å². The summed E-state index contributed by atoms with van der Waals surface area (Å²) in [6, 6.07) is 1.49. The Labute approximate surface area is 182 Å². The summed E-state index contributed by atoms with van der Waals surface area (Å²) < 4.78 is 1.75. The van der Waals surface area contributed by atoms with Crippen molar-refractivity contribution >= 4 is 34.2 Å². The van der Waals surface area contributed by atoms with Crippen LogP contribution in [0.2, 0.25) is 0 Å². The van der Waals surface area contributed by atoms with Gasteiger partial charge in [0.2, 0.25) is 11.7 Å². The lowest BCUT2D eigenvalue weighted by Gasteiger charge is -2.23. The average molecular weight is 439 g/mol. The van der Waals surface area contributed by atoms with E-state index in [2.05, 4.69) is 37.4 Å². The molecule has 2 saturated carbocycles. The zero-order chi connectivity index (χ0) is 21.9. The number of hydrogen-bond donors (Lipinski definition) is 4. The summed E-state index contributed by atoms with van der Waals surface area (Å²) in [7, 11) is 3.28. The molecule has 0 radical (unpaired) electrons. The molecule has 5 rings (SSSR count). The Kier molecular flexibility index (Phi) is 4.51. The van der Waals surface area contributed by atoms with E-state index in [1.165, 1.54) is 7.05 Å². The molecule has 4 N–H and O–H groups in total. The van der Waals surface area contributed by atoms with E-state index < -0.39 is 23.7 Å². The number of imidazole rings is 1. The van der Waals surface area contributed by atoms with Crippen molar-refractivity contribution in [3.05, 3.63) is 34.0 Å². The molecular formula is C21H22N6O3S. The van der Waals surface area contributed by atoms with Gasteiger partial charge in [-0.05, 0) is 42.2 Å². The van der Waals surface area contributed by atoms with Crippen LogP contribution < -0.4 is 10.6 Å². The van der Waals surface area contributed by atoms with Crippen LogP contribution in [0, 0.1) is 30.1 Å². The van der Waals surface area contributed by atoms with E-state index in [1.807, 2.05) is 18.4 Å². The highest BCUT2D eigenvalue weighted by atomic mass is 32.1. The van der Waals surface area contributed by atoms with Crippen LogP contribution in [-0.4, -0.2) is 61.9 Å². The number of aliphatic hydroxyl groups excluding tert-OH is 2. The minimum Gasteiger partial charge on any atom is -0.389 e. The van der Waals surface area contributed by atoms with Crippen LogP contribution in [0.5, 0.6) is 0 Å². The number of hydrogen-bond acceptors (Lipinski definition) is 8. The number of aliphatic hydroxyl groups is 2. The van der Waals surface area contributed by atoms with Crippen molar-refractivity contribution in [3.8, 4) is 11.8 Å². The molecule has 31 heavy (non-hydrogen) atoms. The first-order chi connectivity index (χ1) is 14.9. The first-order valence-electron chi connectivity index (χ1n) is 9.99. The molecule has 3 aromatic heterocycles. The third-order valence-electron chi connectivity index (χ3n) is 6.45. The molecule has 2 aliphatic carbocycles. The number of rotatable bonds is 3. The van der Waals surface area contributed by atoms with E-state index in [9.17, 15) is 15.0 Å². The van der Waals surface area contributed by atoms with E-state index in [4.69, 9.17) is 0 Å². The number of thiophene rings is 1. The van der Waals surface area contributed by atoms with Gasteiger partial charge in [-0.3, -0.25) is 4.79 Å². The summed E-state index contributed by atoms with van der Waals surface area (Å²) in [5.74, 6) is 6.53. The maximum absolute atomic E-state index is 12.4. The van der Waals surface area contributed by atoms with E-state index >= 15 is 0 Å². The van der Waals surface area contributed by atoms with Gasteiger partial charge in [-0.15, -0.1) is 11.3 Å². The van der Waals surface area contributed by atoms with Gasteiger partial charge in [0.05, 0.1) is 28.8 Å². The first kappa shape index (κ1) is 19.9. The van der Waals surface area contributed by atoms with Gasteiger partial charge < -0.3 is 25.4 Å². The number of nitrogens with one attached hydrogen (secondary N) is 2. The SMILES string of the molecule is CNC(=O)[C@]12CC1[C@@H](n1cnc3c(NC)nc(C#Cc4sccc4C)nc31)C(O)[C@@H]2O. The minimum absolute atomic E-state index is 0.203. The minimum atomic E-state index is -1.15. The Morgan fingerprint density at radius 2 is 2.13 bits per heavy atom. The van der Waals surface area contributed by atoms with Gasteiger partial charge in [0, 0.05) is 20.0 Å². The van der Waals surface area contributed by atoms with Gasteiger partial charge >= 0.3 is 0 Å². The number of amides is 1. The normalized spacial score (nSPS) is 28.7. The second-order valence-corrected chi connectivity index (χ2v) is 8.92. The fraction of sp³-hybridized carbons (Fsp3) is 0.429. The Morgan fingerprint density at radius 1 is 1.32 bits per heavy atom. The number of carbonyl (C=O) groups excluding carboxylic acids is 1. The highest BCUT2D eigenvalue weighted by Crippen LogP contribution is 2.67. The third kappa shape index (κ3) is 2.77. The lowest BCUT2D eigenvalue weighted by Crippen LogP contribution is -2.41. The molecule has 160 valence electrons. The molecule has 1 amide bonds. The van der Waals surface area contributed by atoms with E-state index in [0.29, 0.717) is 29.2 Å². The molecule has 2 fully saturated rings. The topological polar surface area (TPSA) is 125 Å². The molecule has 0 bridgehead atoms. The molecule has 2 aliphatic rings. The zero-order valence-electron chi connectivity index (χ0n) is 17.2. The quantitative estimate of drug-likeness (QED) is 0.443. The number of nitrogens with zero attached hydrogens (tertiary/aromatic N) is 4. The summed E-state index contributed by atoms with van der Waals surface area (Å²) in [5.41, 5.74) is 1.18. The van der Waals surface area contributed by atoms with Crippen LogP contribution >= 0.6 is 11.3 Å². The van der Waals surface area contributed by atoms with Gasteiger partial charge in [-0.25, -0.2) is 15.0 Å². The molecule has 0 aromatic carbocycles. The van der Waals surface area contributed by atoms with Gasteiger partial charge in [-0.1, -0.05) is 0 Å². The molecule has 0 spiro atoms. The molecule has 0 aliphatic heterocycles. The van der Waals surface area contributed by atoms with Crippen LogP contribution in [-0.2, 0) is 4.79 Å². The van der Waals surface area contributed by atoms with Gasteiger partial charge in [0.15, 0.2) is 17.0 Å². The number of anilines is 1. The molecule has 3 heterocycles. The zero-order valence-corrected chi connectivity index (χ0v) is 18.1. The molecule has 10 heteroatoms. The number of aromatic nitrogens is 4. The predicted molar refractivity (Wildman–Crippen MR) is 116 cm³/mol. The van der Waals surface area contributed by atoms with Crippen LogP contribution in [0.1, 0.15) is 28.7 Å². The first-order valence-corrected chi connectivity index (χ1v) is 10.9. The van der Waals surface area contributed by atoms with Crippen molar-refractivity contribution in [2.45, 2.75) is 31.6 Å². The maximum Gasteiger partial charge on any atom is 0.229 e. The van der Waals surface area contributed by atoms with Gasteiger partial charge in [-0.2, -0.15) is 0 Å². The lowest BCUT2D eigenvalue weighted by molar-refractivity contribution is -0.132. The largest absolute Gasteiger partial charge is 0.389 e. The van der Waals surface area contributed by atoms with Crippen molar-refractivity contribution < 1.29 is 15.0 Å². The molecule has 9 nitrogen and oxygen atoms in total. The van der Waals surface area contributed by atoms with Gasteiger partial charge in [0.25, 0.3) is 0 Å². The number of carbonyl (C=O) groups is 1. The monoisotopic (exact) mass is 438 g/mol. The van der Waals surface area contributed by atoms with Crippen LogP contribution in [0.4, 0.5) is 5.82 Å². The van der Waals surface area contributed by atoms with Crippen molar-refractivity contribution in [1.29, 1.82) is 0 Å². The van der Waals surface area contributed by atoms with Crippen molar-refractivity contribution in [2.75, 3.05) is 19.4 Å². The molecule has 5 atom stereocenters. The van der Waals surface area contributed by atoms with E-state index in [-0.39, 0.29) is 11.8 Å². The van der Waals surface area contributed by atoms with Crippen molar-refractivity contribution in [1.82, 2.24) is 24.8 Å². The summed E-state index contributed by atoms with van der Waals surface area (Å²) in [6.45, 7) is 2.00. The number of aryl methyl sites for hydroxylation is 1. The lowest BCUT2D eigenvalue weighted by atomic mass is 9.98. The second-order valence-electron chi connectivity index (χ2n) is 8.01. The average Bonchev–Trinajstić information content (AvgIpc) is 3.02. The van der Waals surface area contributed by atoms with E-state index in [0.717, 1.165) is 10.4 Å². The Hall–Kier alpha value is -3.00. The van der Waals surface area contributed by atoms with Gasteiger partial charge in [0.1, 0.15) is 6.10 Å². The van der Waals surface area contributed by atoms with Crippen LogP contribution in [0.3, 0.4) is 0 Å². The fourth-order valence-electron chi connectivity index (χ4n) is 4.76. The van der Waals surface area contributed by atoms with Crippen LogP contribution in [0.15, 0.2) is 17.8 Å².